The number of carboxylic acid groups (broad SMARTS) is 1. The largest absolute Gasteiger partial charge is 0.481 e. The summed E-state index contributed by atoms with van der Waals surface area (Å²) < 4.78 is 0. The van der Waals surface area contributed by atoms with Gasteiger partial charge >= 0.3 is 5.97 Å². The van der Waals surface area contributed by atoms with E-state index in [0.29, 0.717) is 19.4 Å². The second-order valence-corrected chi connectivity index (χ2v) is 5.25. The Labute approximate surface area is 126 Å². The summed E-state index contributed by atoms with van der Waals surface area (Å²) in [5.74, 6) is -0.786. The molecular weight excluding hydrogens is 266 g/mol. The topological polar surface area (TPSA) is 66.4 Å². The summed E-state index contributed by atoms with van der Waals surface area (Å²) in [6, 6.07) is 10.4. The Hall–Kier alpha value is -1.84. The molecule has 0 saturated heterocycles. The van der Waals surface area contributed by atoms with Gasteiger partial charge in [-0.1, -0.05) is 43.2 Å². The maximum absolute atomic E-state index is 11.5. The van der Waals surface area contributed by atoms with E-state index in [4.69, 9.17) is 5.11 Å². The van der Waals surface area contributed by atoms with Crippen LogP contribution in [-0.2, 0) is 16.0 Å². The number of carbonyl (C=O) groups is 2. The highest BCUT2D eigenvalue weighted by Crippen LogP contribution is 2.08. The van der Waals surface area contributed by atoms with Gasteiger partial charge in [0.25, 0.3) is 0 Å². The summed E-state index contributed by atoms with van der Waals surface area (Å²) in [7, 11) is 0. The summed E-state index contributed by atoms with van der Waals surface area (Å²) in [5.41, 5.74) is 1.37. The fraction of sp³-hybridized carbons (Fsp3) is 0.529. The highest BCUT2D eigenvalue weighted by atomic mass is 16.4. The standard InChI is InChI=1S/C17H25NO3/c19-16(18-14-8-13-17(20)21)12-7-2-1-4-9-15-10-5-3-6-11-15/h3,5-6,10-11H,1-2,4,7-9,12-14H2,(H,18,19)(H,20,21). The van der Waals surface area contributed by atoms with Crippen molar-refractivity contribution in [1.82, 2.24) is 5.32 Å². The third-order valence-corrected chi connectivity index (χ3v) is 3.35. The zero-order chi connectivity index (χ0) is 15.3. The fourth-order valence-electron chi connectivity index (χ4n) is 2.17. The van der Waals surface area contributed by atoms with Crippen LogP contribution in [0.25, 0.3) is 0 Å². The fourth-order valence-corrected chi connectivity index (χ4v) is 2.17. The molecule has 0 radical (unpaired) electrons. The number of carboxylic acids is 1. The molecule has 0 aliphatic rings. The van der Waals surface area contributed by atoms with E-state index in [-0.39, 0.29) is 12.3 Å². The zero-order valence-corrected chi connectivity index (χ0v) is 12.5. The smallest absolute Gasteiger partial charge is 0.303 e. The third-order valence-electron chi connectivity index (χ3n) is 3.35. The summed E-state index contributed by atoms with van der Waals surface area (Å²) >= 11 is 0. The molecule has 4 heteroatoms. The first kappa shape index (κ1) is 17.2. The maximum Gasteiger partial charge on any atom is 0.303 e. The van der Waals surface area contributed by atoms with Crippen LogP contribution in [-0.4, -0.2) is 23.5 Å². The van der Waals surface area contributed by atoms with Crippen LogP contribution in [0.5, 0.6) is 0 Å². The van der Waals surface area contributed by atoms with Gasteiger partial charge in [-0.25, -0.2) is 0 Å². The lowest BCUT2D eigenvalue weighted by Gasteiger charge is -2.04. The quantitative estimate of drug-likeness (QED) is 0.615. The summed E-state index contributed by atoms with van der Waals surface area (Å²) in [4.78, 5) is 21.8. The summed E-state index contributed by atoms with van der Waals surface area (Å²) in [5, 5.41) is 11.2. The van der Waals surface area contributed by atoms with Gasteiger partial charge in [-0.15, -0.1) is 0 Å². The first-order valence-corrected chi connectivity index (χ1v) is 7.71. The lowest BCUT2D eigenvalue weighted by atomic mass is 10.1. The number of benzene rings is 1. The van der Waals surface area contributed by atoms with Crippen molar-refractivity contribution < 1.29 is 14.7 Å². The van der Waals surface area contributed by atoms with Crippen molar-refractivity contribution in [2.24, 2.45) is 0 Å². The molecule has 0 bridgehead atoms. The van der Waals surface area contributed by atoms with E-state index in [1.807, 2.05) is 6.07 Å². The number of hydrogen-bond donors (Lipinski definition) is 2. The predicted octanol–water partition coefficient (Wildman–Crippen LogP) is 3.16. The highest BCUT2D eigenvalue weighted by molar-refractivity contribution is 5.75. The third kappa shape index (κ3) is 9.66. The molecule has 0 aliphatic heterocycles. The number of rotatable bonds is 11. The molecule has 0 fully saturated rings. The second kappa shape index (κ2) is 10.9. The average Bonchev–Trinajstić information content (AvgIpc) is 2.48. The minimum atomic E-state index is -0.817. The number of aliphatic carboxylic acids is 1. The molecule has 21 heavy (non-hydrogen) atoms. The van der Waals surface area contributed by atoms with Crippen molar-refractivity contribution in [3.63, 3.8) is 0 Å². The minimum Gasteiger partial charge on any atom is -0.481 e. The van der Waals surface area contributed by atoms with E-state index < -0.39 is 5.97 Å². The Bertz CT molecular complexity index is 417. The van der Waals surface area contributed by atoms with Gasteiger partial charge in [-0.05, 0) is 31.2 Å². The van der Waals surface area contributed by atoms with Crippen molar-refractivity contribution >= 4 is 11.9 Å². The number of aryl methyl sites for hydroxylation is 1. The molecule has 1 rings (SSSR count). The van der Waals surface area contributed by atoms with Crippen LogP contribution in [0.1, 0.15) is 50.5 Å². The molecule has 1 aromatic carbocycles. The molecule has 0 heterocycles. The van der Waals surface area contributed by atoms with E-state index in [0.717, 1.165) is 32.1 Å². The van der Waals surface area contributed by atoms with Gasteiger partial charge in [0.05, 0.1) is 0 Å². The van der Waals surface area contributed by atoms with Gasteiger partial charge in [0.1, 0.15) is 0 Å². The number of hydrogen-bond acceptors (Lipinski definition) is 2. The zero-order valence-electron chi connectivity index (χ0n) is 12.5. The molecule has 1 aromatic rings. The first-order chi connectivity index (χ1) is 10.2. The molecule has 116 valence electrons. The highest BCUT2D eigenvalue weighted by Gasteiger charge is 2.02. The molecule has 0 aliphatic carbocycles. The van der Waals surface area contributed by atoms with Crippen LogP contribution in [0.15, 0.2) is 30.3 Å². The van der Waals surface area contributed by atoms with Crippen LogP contribution < -0.4 is 5.32 Å². The number of nitrogens with one attached hydrogen (secondary N) is 1. The van der Waals surface area contributed by atoms with Crippen molar-refractivity contribution in [2.45, 2.75) is 51.4 Å². The second-order valence-electron chi connectivity index (χ2n) is 5.25. The Kier molecular flexibility index (Phi) is 8.93. The van der Waals surface area contributed by atoms with Gasteiger partial charge in [-0.3, -0.25) is 9.59 Å². The molecule has 4 nitrogen and oxygen atoms in total. The number of unbranched alkanes of at least 4 members (excludes halogenated alkanes) is 3. The van der Waals surface area contributed by atoms with Crippen LogP contribution in [0.2, 0.25) is 0 Å². The molecule has 2 N–H and O–H groups in total. The van der Waals surface area contributed by atoms with Crippen molar-refractivity contribution in [2.75, 3.05) is 6.54 Å². The Balaban J connectivity index is 1.91. The lowest BCUT2D eigenvalue weighted by Crippen LogP contribution is -2.24. The van der Waals surface area contributed by atoms with Gasteiger partial charge in [0.15, 0.2) is 0 Å². The van der Waals surface area contributed by atoms with E-state index >= 15 is 0 Å². The normalized spacial score (nSPS) is 10.3. The number of amides is 1. The first-order valence-electron chi connectivity index (χ1n) is 7.71. The Morgan fingerprint density at radius 3 is 2.33 bits per heavy atom. The SMILES string of the molecule is O=C(O)CCCNC(=O)CCCCCCc1ccccc1. The van der Waals surface area contributed by atoms with Gasteiger partial charge in [0, 0.05) is 19.4 Å². The van der Waals surface area contributed by atoms with Crippen LogP contribution >= 0.6 is 0 Å². The minimum absolute atomic E-state index is 0.0310. The van der Waals surface area contributed by atoms with Crippen molar-refractivity contribution in [3.8, 4) is 0 Å². The van der Waals surface area contributed by atoms with E-state index in [1.54, 1.807) is 0 Å². The Morgan fingerprint density at radius 2 is 1.62 bits per heavy atom. The molecular formula is C17H25NO3. The molecule has 1 amide bonds. The van der Waals surface area contributed by atoms with Crippen molar-refractivity contribution in [3.05, 3.63) is 35.9 Å². The monoisotopic (exact) mass is 291 g/mol. The molecule has 0 aromatic heterocycles. The van der Waals surface area contributed by atoms with Crippen molar-refractivity contribution in [1.29, 1.82) is 0 Å². The van der Waals surface area contributed by atoms with Gasteiger partial charge in [0.2, 0.25) is 5.91 Å². The molecule has 0 atom stereocenters. The summed E-state index contributed by atoms with van der Waals surface area (Å²) in [6.07, 6.45) is 6.51. The Morgan fingerprint density at radius 1 is 0.905 bits per heavy atom. The van der Waals surface area contributed by atoms with E-state index in [2.05, 4.69) is 29.6 Å². The van der Waals surface area contributed by atoms with Gasteiger partial charge < -0.3 is 10.4 Å². The predicted molar refractivity (Wildman–Crippen MR) is 83.1 cm³/mol. The molecule has 0 saturated carbocycles. The van der Waals surface area contributed by atoms with Crippen LogP contribution in [0, 0.1) is 0 Å². The summed E-state index contributed by atoms with van der Waals surface area (Å²) in [6.45, 7) is 0.457. The van der Waals surface area contributed by atoms with Crippen LogP contribution in [0.4, 0.5) is 0 Å². The average molecular weight is 291 g/mol. The molecule has 0 unspecified atom stereocenters. The maximum atomic E-state index is 11.5. The van der Waals surface area contributed by atoms with Gasteiger partial charge in [-0.2, -0.15) is 0 Å². The lowest BCUT2D eigenvalue weighted by molar-refractivity contribution is -0.137. The number of carbonyl (C=O) groups excluding carboxylic acids is 1. The molecule has 0 spiro atoms. The van der Waals surface area contributed by atoms with Crippen LogP contribution in [0.3, 0.4) is 0 Å². The van der Waals surface area contributed by atoms with E-state index in [1.165, 1.54) is 5.56 Å². The van der Waals surface area contributed by atoms with E-state index in [9.17, 15) is 9.59 Å².